The first-order valence-corrected chi connectivity index (χ1v) is 8.83. The number of benzene rings is 1. The summed E-state index contributed by atoms with van der Waals surface area (Å²) in [4.78, 5) is 2.95. The van der Waals surface area contributed by atoms with Crippen LogP contribution < -0.4 is 0 Å². The molecule has 0 fully saturated rings. The summed E-state index contributed by atoms with van der Waals surface area (Å²) in [5.74, 6) is 0. The quantitative estimate of drug-likeness (QED) is 0.486. The zero-order valence-corrected chi connectivity index (χ0v) is 13.6. The summed E-state index contributed by atoms with van der Waals surface area (Å²) >= 11 is 1.96. The van der Waals surface area contributed by atoms with E-state index in [1.165, 1.54) is 65.8 Å². The van der Waals surface area contributed by atoms with Gasteiger partial charge in [-0.1, -0.05) is 57.4 Å². The molecule has 0 unspecified atom stereocenters. The molecule has 0 aliphatic heterocycles. The number of rotatable bonds is 8. The van der Waals surface area contributed by atoms with Crippen molar-refractivity contribution in [1.29, 1.82) is 0 Å². The molecule has 0 nitrogen and oxygen atoms in total. The summed E-state index contributed by atoms with van der Waals surface area (Å²) in [5, 5.41) is 0. The Kier molecular flexibility index (Phi) is 6.32. The van der Waals surface area contributed by atoms with Crippen LogP contribution in [0.5, 0.6) is 0 Å². The zero-order chi connectivity index (χ0) is 14.2. The Morgan fingerprint density at radius 3 is 2.20 bits per heavy atom. The normalized spacial score (nSPS) is 10.9. The molecule has 0 bridgehead atoms. The summed E-state index contributed by atoms with van der Waals surface area (Å²) in [5.41, 5.74) is 2.84. The Labute approximate surface area is 127 Å². The lowest BCUT2D eigenvalue weighted by molar-refractivity contribution is 0.722. The fourth-order valence-electron chi connectivity index (χ4n) is 2.43. The molecule has 20 heavy (non-hydrogen) atoms. The van der Waals surface area contributed by atoms with Gasteiger partial charge in [0.1, 0.15) is 0 Å². The number of thiophene rings is 1. The average Bonchev–Trinajstić information content (AvgIpc) is 2.95. The Morgan fingerprint density at radius 2 is 1.50 bits per heavy atom. The number of hydrogen-bond acceptors (Lipinski definition) is 1. The van der Waals surface area contributed by atoms with E-state index < -0.39 is 0 Å². The van der Waals surface area contributed by atoms with Crippen molar-refractivity contribution < 1.29 is 0 Å². The van der Waals surface area contributed by atoms with Crippen LogP contribution in [0, 0.1) is 0 Å². The minimum Gasteiger partial charge on any atom is -0.140 e. The standard InChI is InChI=1S/C19H26S/c1-3-5-7-9-18-14-15-19(20-18)17-12-10-16(11-13-17)8-6-4-2/h10-15H,3-9H2,1-2H3. The van der Waals surface area contributed by atoms with Gasteiger partial charge >= 0.3 is 0 Å². The largest absolute Gasteiger partial charge is 0.140 e. The highest BCUT2D eigenvalue weighted by Gasteiger charge is 2.03. The third-order valence-electron chi connectivity index (χ3n) is 3.75. The minimum absolute atomic E-state index is 1.21. The third kappa shape index (κ3) is 4.49. The van der Waals surface area contributed by atoms with E-state index in [1.54, 1.807) is 0 Å². The SMILES string of the molecule is CCCCCc1ccc(-c2ccc(CCCC)cc2)s1. The second kappa shape index (κ2) is 8.26. The van der Waals surface area contributed by atoms with Crippen molar-refractivity contribution >= 4 is 11.3 Å². The van der Waals surface area contributed by atoms with E-state index in [9.17, 15) is 0 Å². The lowest BCUT2D eigenvalue weighted by Gasteiger charge is -2.02. The van der Waals surface area contributed by atoms with Crippen molar-refractivity contribution in [1.82, 2.24) is 0 Å². The van der Waals surface area contributed by atoms with Gasteiger partial charge in [-0.25, -0.2) is 0 Å². The predicted octanol–water partition coefficient (Wildman–Crippen LogP) is 6.49. The summed E-state index contributed by atoms with van der Waals surface area (Å²) in [7, 11) is 0. The van der Waals surface area contributed by atoms with E-state index in [4.69, 9.17) is 0 Å². The molecule has 0 atom stereocenters. The van der Waals surface area contributed by atoms with Gasteiger partial charge in [-0.3, -0.25) is 0 Å². The first-order chi connectivity index (χ1) is 9.83. The number of hydrogen-bond donors (Lipinski definition) is 0. The van der Waals surface area contributed by atoms with Crippen LogP contribution in [-0.2, 0) is 12.8 Å². The Hall–Kier alpha value is -1.08. The van der Waals surface area contributed by atoms with Crippen molar-refractivity contribution in [3.8, 4) is 10.4 Å². The molecule has 0 radical (unpaired) electrons. The van der Waals surface area contributed by atoms with Gasteiger partial charge in [0.05, 0.1) is 0 Å². The molecule has 108 valence electrons. The molecule has 0 N–H and O–H groups in total. The molecule has 0 amide bonds. The Balaban J connectivity index is 1.97. The van der Waals surface area contributed by atoms with Crippen LogP contribution in [0.15, 0.2) is 36.4 Å². The first kappa shape index (κ1) is 15.3. The molecule has 0 saturated heterocycles. The van der Waals surface area contributed by atoms with E-state index in [-0.39, 0.29) is 0 Å². The highest BCUT2D eigenvalue weighted by atomic mass is 32.1. The highest BCUT2D eigenvalue weighted by molar-refractivity contribution is 7.15. The lowest BCUT2D eigenvalue weighted by Crippen LogP contribution is -1.83. The topological polar surface area (TPSA) is 0 Å². The second-order valence-corrected chi connectivity index (χ2v) is 6.69. The van der Waals surface area contributed by atoms with Crippen molar-refractivity contribution in [3.63, 3.8) is 0 Å². The fraction of sp³-hybridized carbons (Fsp3) is 0.474. The minimum atomic E-state index is 1.21. The zero-order valence-electron chi connectivity index (χ0n) is 12.8. The summed E-state index contributed by atoms with van der Waals surface area (Å²) in [6.45, 7) is 4.51. The van der Waals surface area contributed by atoms with Gasteiger partial charge < -0.3 is 0 Å². The van der Waals surface area contributed by atoms with Crippen molar-refractivity contribution in [3.05, 3.63) is 46.8 Å². The van der Waals surface area contributed by atoms with Crippen LogP contribution in [0.4, 0.5) is 0 Å². The van der Waals surface area contributed by atoms with Gasteiger partial charge in [-0.05, 0) is 48.9 Å². The van der Waals surface area contributed by atoms with Crippen LogP contribution in [-0.4, -0.2) is 0 Å². The van der Waals surface area contributed by atoms with Crippen LogP contribution in [0.25, 0.3) is 10.4 Å². The monoisotopic (exact) mass is 286 g/mol. The van der Waals surface area contributed by atoms with Crippen molar-refractivity contribution in [2.24, 2.45) is 0 Å². The smallest absolute Gasteiger partial charge is 0.0345 e. The van der Waals surface area contributed by atoms with Gasteiger partial charge in [0.25, 0.3) is 0 Å². The fourth-order valence-corrected chi connectivity index (χ4v) is 3.49. The molecule has 0 aliphatic rings. The Bertz CT molecular complexity index is 493. The van der Waals surface area contributed by atoms with Gasteiger partial charge in [-0.15, -0.1) is 11.3 Å². The Morgan fingerprint density at radius 1 is 0.750 bits per heavy atom. The molecule has 0 saturated carbocycles. The maximum absolute atomic E-state index is 2.31. The molecule has 2 rings (SSSR count). The summed E-state index contributed by atoms with van der Waals surface area (Å²) in [6.07, 6.45) is 8.99. The predicted molar refractivity (Wildman–Crippen MR) is 91.6 cm³/mol. The third-order valence-corrected chi connectivity index (χ3v) is 4.94. The van der Waals surface area contributed by atoms with Crippen molar-refractivity contribution in [2.75, 3.05) is 0 Å². The van der Waals surface area contributed by atoms with Crippen LogP contribution in [0.1, 0.15) is 56.4 Å². The number of aryl methyl sites for hydroxylation is 2. The van der Waals surface area contributed by atoms with Gasteiger partial charge in [0.2, 0.25) is 0 Å². The van der Waals surface area contributed by atoms with Crippen LogP contribution >= 0.6 is 11.3 Å². The molecule has 1 heterocycles. The van der Waals surface area contributed by atoms with Crippen molar-refractivity contribution in [2.45, 2.75) is 58.8 Å². The average molecular weight is 286 g/mol. The lowest BCUT2D eigenvalue weighted by atomic mass is 10.1. The molecule has 2 aromatic rings. The second-order valence-electron chi connectivity index (χ2n) is 5.52. The molecule has 1 heteroatoms. The van der Waals surface area contributed by atoms with E-state index in [2.05, 4.69) is 50.2 Å². The van der Waals surface area contributed by atoms with Crippen LogP contribution in [0.3, 0.4) is 0 Å². The summed E-state index contributed by atoms with van der Waals surface area (Å²) < 4.78 is 0. The maximum atomic E-state index is 2.31. The maximum Gasteiger partial charge on any atom is 0.0345 e. The molecular formula is C19H26S. The molecule has 0 spiro atoms. The molecule has 1 aromatic carbocycles. The van der Waals surface area contributed by atoms with E-state index in [1.807, 2.05) is 11.3 Å². The van der Waals surface area contributed by atoms with Gasteiger partial charge in [0, 0.05) is 9.75 Å². The van der Waals surface area contributed by atoms with Gasteiger partial charge in [-0.2, -0.15) is 0 Å². The highest BCUT2D eigenvalue weighted by Crippen LogP contribution is 2.29. The van der Waals surface area contributed by atoms with E-state index in [0.717, 1.165) is 0 Å². The molecular weight excluding hydrogens is 260 g/mol. The first-order valence-electron chi connectivity index (χ1n) is 8.01. The summed E-state index contributed by atoms with van der Waals surface area (Å²) in [6, 6.07) is 13.7. The number of unbranched alkanes of at least 4 members (excludes halogenated alkanes) is 3. The van der Waals surface area contributed by atoms with Gasteiger partial charge in [0.15, 0.2) is 0 Å². The van der Waals surface area contributed by atoms with E-state index in [0.29, 0.717) is 0 Å². The van der Waals surface area contributed by atoms with Crippen LogP contribution in [0.2, 0.25) is 0 Å². The van der Waals surface area contributed by atoms with E-state index >= 15 is 0 Å². The molecule has 0 aliphatic carbocycles. The molecule has 1 aromatic heterocycles.